The third-order valence-corrected chi connectivity index (χ3v) is 11.2. The van der Waals surface area contributed by atoms with Crippen LogP contribution in [0.1, 0.15) is 0 Å². The van der Waals surface area contributed by atoms with Crippen LogP contribution in [0.4, 0.5) is 17.1 Å². The molecule has 2 aromatic heterocycles. The average molecular weight is 715 g/mol. The second kappa shape index (κ2) is 11.9. The smallest absolute Gasteiger partial charge is 0.164 e. The molecule has 0 radical (unpaired) electrons. The van der Waals surface area contributed by atoms with E-state index in [2.05, 4.69) is 132 Å². The Kier molecular flexibility index (Phi) is 6.56. The van der Waals surface area contributed by atoms with Crippen LogP contribution < -0.4 is 4.90 Å². The predicted molar refractivity (Wildman–Crippen MR) is 230 cm³/mol. The van der Waals surface area contributed by atoms with Gasteiger partial charge in [-0.25, -0.2) is 15.0 Å². The molecule has 3 heterocycles. The molecule has 0 spiro atoms. The first-order valence-electron chi connectivity index (χ1n) is 18.9. The molecule has 0 bridgehead atoms. The van der Waals surface area contributed by atoms with E-state index in [0.717, 1.165) is 66.5 Å². The molecule has 56 heavy (non-hydrogen) atoms. The summed E-state index contributed by atoms with van der Waals surface area (Å²) in [6.45, 7) is 0. The number of nitrogens with zero attached hydrogens (tertiary/aromatic N) is 4. The van der Waals surface area contributed by atoms with Crippen LogP contribution in [0, 0.1) is 0 Å². The molecule has 0 saturated heterocycles. The third-order valence-electron chi connectivity index (χ3n) is 11.2. The second-order valence-electron chi connectivity index (χ2n) is 14.4. The fourth-order valence-electron chi connectivity index (χ4n) is 8.63. The molecular formula is C51H30N4O. The maximum atomic E-state index is 6.29. The summed E-state index contributed by atoms with van der Waals surface area (Å²) in [5.74, 6) is 1.81. The number of anilines is 3. The van der Waals surface area contributed by atoms with Crippen molar-refractivity contribution in [3.05, 3.63) is 182 Å². The highest BCUT2D eigenvalue weighted by atomic mass is 16.3. The first-order chi connectivity index (χ1) is 27.7. The van der Waals surface area contributed by atoms with Gasteiger partial charge >= 0.3 is 0 Å². The van der Waals surface area contributed by atoms with Crippen molar-refractivity contribution in [2.24, 2.45) is 0 Å². The molecule has 0 N–H and O–H groups in total. The maximum Gasteiger partial charge on any atom is 0.164 e. The van der Waals surface area contributed by atoms with Crippen molar-refractivity contribution in [3.8, 4) is 45.3 Å². The Labute approximate surface area is 321 Å². The van der Waals surface area contributed by atoms with Gasteiger partial charge in [-0.15, -0.1) is 0 Å². The molecular weight excluding hydrogens is 685 g/mol. The summed E-state index contributed by atoms with van der Waals surface area (Å²) in [6.07, 6.45) is 0. The summed E-state index contributed by atoms with van der Waals surface area (Å²) in [6, 6.07) is 64.1. The standard InChI is InChI=1S/C51H30N4O/c1-2-12-32(13-3-1)49-52-50(35-24-25-39-38-20-8-9-23-46(38)56-47(39)30-35)54-51(53-49)41-26-27-43(37-19-7-6-18-36(37)41)55-44-22-11-17-31-16-10-21-40(48(31)44)42-28-33-14-4-5-15-34(33)29-45(42)55/h1-30H. The summed E-state index contributed by atoms with van der Waals surface area (Å²) in [5, 5.41) is 9.21. The van der Waals surface area contributed by atoms with E-state index < -0.39 is 0 Å². The molecule has 0 atom stereocenters. The van der Waals surface area contributed by atoms with Crippen LogP contribution in [0.3, 0.4) is 0 Å². The van der Waals surface area contributed by atoms with Crippen molar-refractivity contribution in [1.29, 1.82) is 0 Å². The van der Waals surface area contributed by atoms with Crippen molar-refractivity contribution in [1.82, 2.24) is 15.0 Å². The Morgan fingerprint density at radius 3 is 1.86 bits per heavy atom. The average Bonchev–Trinajstić information content (AvgIpc) is 3.64. The summed E-state index contributed by atoms with van der Waals surface area (Å²) in [5.41, 5.74) is 10.3. The van der Waals surface area contributed by atoms with Gasteiger partial charge in [-0.1, -0.05) is 133 Å². The Morgan fingerprint density at radius 2 is 1.00 bits per heavy atom. The lowest BCUT2D eigenvalue weighted by Gasteiger charge is -2.34. The largest absolute Gasteiger partial charge is 0.456 e. The number of furan rings is 1. The quantitative estimate of drug-likeness (QED) is 0.182. The first kappa shape index (κ1) is 30.8. The lowest BCUT2D eigenvalue weighted by atomic mass is 9.88. The molecule has 0 saturated carbocycles. The fraction of sp³-hybridized carbons (Fsp3) is 0. The zero-order valence-electron chi connectivity index (χ0n) is 30.0. The van der Waals surface area contributed by atoms with Gasteiger partial charge in [0, 0.05) is 43.8 Å². The van der Waals surface area contributed by atoms with Gasteiger partial charge in [-0.3, -0.25) is 0 Å². The van der Waals surface area contributed by atoms with Gasteiger partial charge < -0.3 is 9.32 Å². The van der Waals surface area contributed by atoms with Gasteiger partial charge in [-0.05, 0) is 75.6 Å². The first-order valence-corrected chi connectivity index (χ1v) is 18.9. The maximum absolute atomic E-state index is 6.29. The molecule has 5 heteroatoms. The minimum atomic E-state index is 0.587. The molecule has 11 aromatic rings. The van der Waals surface area contributed by atoms with E-state index in [0.29, 0.717) is 17.5 Å². The van der Waals surface area contributed by atoms with Gasteiger partial charge in [0.25, 0.3) is 0 Å². The van der Waals surface area contributed by atoms with Crippen LogP contribution in [0.5, 0.6) is 0 Å². The van der Waals surface area contributed by atoms with E-state index in [1.807, 2.05) is 54.6 Å². The second-order valence-corrected chi connectivity index (χ2v) is 14.4. The Balaban J connectivity index is 1.08. The van der Waals surface area contributed by atoms with Crippen LogP contribution in [-0.2, 0) is 0 Å². The van der Waals surface area contributed by atoms with Crippen LogP contribution in [0.15, 0.2) is 186 Å². The number of hydrogen-bond donors (Lipinski definition) is 0. The Hall–Kier alpha value is -7.63. The van der Waals surface area contributed by atoms with Gasteiger partial charge in [0.05, 0.1) is 17.1 Å². The summed E-state index contributed by atoms with van der Waals surface area (Å²) < 4.78 is 6.29. The molecule has 5 nitrogen and oxygen atoms in total. The number of hydrogen-bond acceptors (Lipinski definition) is 5. The fourth-order valence-corrected chi connectivity index (χ4v) is 8.63. The van der Waals surface area contributed by atoms with E-state index in [-0.39, 0.29) is 0 Å². The van der Waals surface area contributed by atoms with Crippen LogP contribution in [0.2, 0.25) is 0 Å². The Morgan fingerprint density at radius 1 is 0.339 bits per heavy atom. The molecule has 0 unspecified atom stereocenters. The van der Waals surface area contributed by atoms with E-state index in [1.165, 1.54) is 32.7 Å². The SMILES string of the molecule is c1ccc(-c2nc(-c3ccc4c(c3)oc3ccccc34)nc(-c3ccc(N4c5cc6ccccc6cc5-c5cccc6cccc4c56)c4ccccc34)n2)cc1. The van der Waals surface area contributed by atoms with E-state index in [9.17, 15) is 0 Å². The van der Waals surface area contributed by atoms with Gasteiger partial charge in [0.2, 0.25) is 0 Å². The topological polar surface area (TPSA) is 55.1 Å². The molecule has 1 aliphatic heterocycles. The third kappa shape index (κ3) is 4.64. The number of aromatic nitrogens is 3. The van der Waals surface area contributed by atoms with Gasteiger partial charge in [0.1, 0.15) is 11.2 Å². The van der Waals surface area contributed by atoms with Crippen LogP contribution in [0.25, 0.3) is 99.5 Å². The normalized spacial score (nSPS) is 12.2. The minimum Gasteiger partial charge on any atom is -0.456 e. The van der Waals surface area contributed by atoms with Crippen molar-refractivity contribution in [2.45, 2.75) is 0 Å². The summed E-state index contributed by atoms with van der Waals surface area (Å²) in [7, 11) is 0. The zero-order chi connectivity index (χ0) is 36.7. The van der Waals surface area contributed by atoms with Crippen molar-refractivity contribution < 1.29 is 4.42 Å². The monoisotopic (exact) mass is 714 g/mol. The van der Waals surface area contributed by atoms with Crippen LogP contribution in [-0.4, -0.2) is 15.0 Å². The van der Waals surface area contributed by atoms with E-state index >= 15 is 0 Å². The highest BCUT2D eigenvalue weighted by Gasteiger charge is 2.28. The van der Waals surface area contributed by atoms with Crippen molar-refractivity contribution in [3.63, 3.8) is 0 Å². The summed E-state index contributed by atoms with van der Waals surface area (Å²) >= 11 is 0. The highest BCUT2D eigenvalue weighted by molar-refractivity contribution is 6.18. The molecule has 1 aliphatic rings. The van der Waals surface area contributed by atoms with Gasteiger partial charge in [-0.2, -0.15) is 0 Å². The number of para-hydroxylation sites is 1. The predicted octanol–water partition coefficient (Wildman–Crippen LogP) is 13.7. The van der Waals surface area contributed by atoms with Crippen LogP contribution >= 0.6 is 0 Å². The zero-order valence-corrected chi connectivity index (χ0v) is 30.0. The van der Waals surface area contributed by atoms with E-state index in [1.54, 1.807) is 0 Å². The van der Waals surface area contributed by atoms with Gasteiger partial charge in [0.15, 0.2) is 17.5 Å². The molecule has 0 fully saturated rings. The Bertz CT molecular complexity index is 3380. The number of fused-ring (bicyclic) bond motifs is 7. The summed E-state index contributed by atoms with van der Waals surface area (Å²) in [4.78, 5) is 17.9. The highest BCUT2D eigenvalue weighted by Crippen LogP contribution is 2.53. The lowest BCUT2D eigenvalue weighted by Crippen LogP contribution is -2.15. The minimum absolute atomic E-state index is 0.587. The molecule has 9 aromatic carbocycles. The molecule has 12 rings (SSSR count). The number of rotatable bonds is 4. The number of benzene rings is 9. The lowest BCUT2D eigenvalue weighted by molar-refractivity contribution is 0.669. The van der Waals surface area contributed by atoms with Crippen molar-refractivity contribution >= 4 is 71.3 Å². The van der Waals surface area contributed by atoms with Crippen molar-refractivity contribution in [2.75, 3.05) is 4.90 Å². The van der Waals surface area contributed by atoms with E-state index in [4.69, 9.17) is 19.4 Å². The molecule has 0 aliphatic carbocycles. The molecule has 0 amide bonds. The molecule has 260 valence electrons.